The molecule has 0 atom stereocenters. The summed E-state index contributed by atoms with van der Waals surface area (Å²) in [5.41, 5.74) is 33.6. The summed E-state index contributed by atoms with van der Waals surface area (Å²) in [6.45, 7) is 0. The molecule has 0 aliphatic rings. The summed E-state index contributed by atoms with van der Waals surface area (Å²) < 4.78 is 25.7. The quantitative estimate of drug-likeness (QED) is 0.106. The number of rotatable bonds is 14. The van der Waals surface area contributed by atoms with Crippen molar-refractivity contribution in [3.63, 3.8) is 0 Å². The maximum atomic E-state index is 6.62. The van der Waals surface area contributed by atoms with Gasteiger partial charge in [0.15, 0.2) is 11.6 Å². The molecule has 580 valence electrons. The molecule has 8 nitrogen and oxygen atoms in total. The van der Waals surface area contributed by atoms with Crippen LogP contribution in [0.2, 0.25) is 0 Å². The topological polar surface area (TPSA) is 104 Å². The van der Waals surface area contributed by atoms with E-state index in [0.29, 0.717) is 11.6 Å². The van der Waals surface area contributed by atoms with Crippen LogP contribution in [0, 0.1) is 0 Å². The van der Waals surface area contributed by atoms with Crippen LogP contribution in [0.1, 0.15) is 0 Å². The van der Waals surface area contributed by atoms with Gasteiger partial charge in [-0.1, -0.05) is 328 Å². The number of benzene rings is 18. The highest BCUT2D eigenvalue weighted by Crippen LogP contribution is 2.46. The molecule has 0 spiro atoms. The number of aromatic nitrogens is 4. The van der Waals surface area contributed by atoms with Gasteiger partial charge in [0.2, 0.25) is 0 Å². The molecule has 0 saturated heterocycles. The molecule has 24 aromatic rings. The Morgan fingerprint density at radius 3 is 0.766 bits per heavy atom. The zero-order valence-corrected chi connectivity index (χ0v) is 67.0. The molecule has 24 rings (SSSR count). The second kappa shape index (κ2) is 30.9. The van der Waals surface area contributed by atoms with Gasteiger partial charge in [0.25, 0.3) is 0 Å². The smallest absolute Gasteiger partial charge is 0.160 e. The predicted octanol–water partition coefficient (Wildman–Crippen LogP) is 31.9. The van der Waals surface area contributed by atoms with Crippen molar-refractivity contribution in [1.82, 2.24) is 19.9 Å². The van der Waals surface area contributed by atoms with Gasteiger partial charge in [-0.2, -0.15) is 0 Å². The molecule has 124 heavy (non-hydrogen) atoms. The van der Waals surface area contributed by atoms with Gasteiger partial charge >= 0.3 is 0 Å². The van der Waals surface area contributed by atoms with E-state index in [-0.39, 0.29) is 0 Å². The van der Waals surface area contributed by atoms with Crippen molar-refractivity contribution >= 4 is 87.8 Å². The third-order valence-electron chi connectivity index (χ3n) is 23.8. The van der Waals surface area contributed by atoms with E-state index in [1.165, 1.54) is 22.3 Å². The first-order chi connectivity index (χ1) is 61.4. The van der Waals surface area contributed by atoms with Crippen LogP contribution in [0.15, 0.2) is 454 Å². The van der Waals surface area contributed by atoms with E-state index in [4.69, 9.17) is 37.6 Å². The molecule has 0 aliphatic carbocycles. The van der Waals surface area contributed by atoms with Gasteiger partial charge in [-0.05, 0) is 187 Å². The first-order valence-electron chi connectivity index (χ1n) is 41.7. The Labute approximate surface area is 714 Å². The average Bonchev–Trinajstić information content (AvgIpc) is 1.65. The lowest BCUT2D eigenvalue weighted by Crippen LogP contribution is -1.97. The molecule has 0 amide bonds. The molecule has 0 aliphatic heterocycles. The monoisotopic (exact) mass is 1580 g/mol. The highest BCUT2D eigenvalue weighted by Gasteiger charge is 2.23. The molecule has 6 heterocycles. The zero-order valence-electron chi connectivity index (χ0n) is 67.0. The molecular formula is C116H72N4O4. The predicted molar refractivity (Wildman–Crippen MR) is 509 cm³/mol. The highest BCUT2D eigenvalue weighted by molar-refractivity contribution is 6.13. The lowest BCUT2D eigenvalue weighted by atomic mass is 9.93. The normalized spacial score (nSPS) is 11.5. The standard InChI is InChI=1S/2C58H36N2O2/c1-3-14-37(15-4-1)38-28-30-39(31-29-38)41-18-11-19-42(32-41)53-36-52(40-16-5-2-6-17-40)59-58(60-53)45-34-43(46-22-12-24-50-48-20-7-9-26-54(48)61-56(46)50)33-44(35-45)47-23-13-25-51-49-21-8-10-27-55(49)62-57(47)51;1-3-12-37(13-4-1)38-22-24-39(25-23-38)41-16-11-17-44(30-41)53-36-52(40-14-5-2-6-15-40)59-58(60-53)47-32-45(42-26-28-56-50(34-42)48-18-7-9-20-54(48)61-56)31-46(33-47)43-27-29-57-51(35-43)49-19-8-10-21-55(49)62-57/h2*1-36H. The van der Waals surface area contributed by atoms with Crippen molar-refractivity contribution in [1.29, 1.82) is 0 Å². The minimum absolute atomic E-state index is 0.621. The first kappa shape index (κ1) is 72.5. The van der Waals surface area contributed by atoms with Crippen molar-refractivity contribution in [2.24, 2.45) is 0 Å². The van der Waals surface area contributed by atoms with Gasteiger partial charge in [0.05, 0.1) is 22.8 Å². The first-order valence-corrected chi connectivity index (χ1v) is 41.7. The van der Waals surface area contributed by atoms with Crippen LogP contribution >= 0.6 is 0 Å². The Kier molecular flexibility index (Phi) is 18.1. The van der Waals surface area contributed by atoms with Gasteiger partial charge in [0, 0.05) is 87.6 Å². The molecule has 0 saturated carbocycles. The number of hydrogen-bond donors (Lipinski definition) is 0. The molecule has 18 aromatic carbocycles. The minimum Gasteiger partial charge on any atom is -0.456 e. The number of furan rings is 4. The van der Waals surface area contributed by atoms with E-state index in [9.17, 15) is 0 Å². The summed E-state index contributed by atoms with van der Waals surface area (Å²) in [6, 6.07) is 153. The largest absolute Gasteiger partial charge is 0.456 e. The number of para-hydroxylation sites is 6. The fraction of sp³-hybridized carbons (Fsp3) is 0. The lowest BCUT2D eigenvalue weighted by molar-refractivity contribution is 0.668. The van der Waals surface area contributed by atoms with Gasteiger partial charge in [-0.15, -0.1) is 0 Å². The zero-order chi connectivity index (χ0) is 82.0. The Morgan fingerprint density at radius 1 is 0.129 bits per heavy atom. The summed E-state index contributed by atoms with van der Waals surface area (Å²) >= 11 is 0. The molecule has 8 heteroatoms. The summed E-state index contributed by atoms with van der Waals surface area (Å²) in [6.07, 6.45) is 0. The van der Waals surface area contributed by atoms with Crippen molar-refractivity contribution in [3.05, 3.63) is 437 Å². The van der Waals surface area contributed by atoms with E-state index in [1.54, 1.807) is 0 Å². The number of fused-ring (bicyclic) bond motifs is 12. The van der Waals surface area contributed by atoms with Gasteiger partial charge in [-0.25, -0.2) is 19.9 Å². The van der Waals surface area contributed by atoms with E-state index < -0.39 is 0 Å². The fourth-order valence-electron chi connectivity index (χ4n) is 17.6. The summed E-state index contributed by atoms with van der Waals surface area (Å²) in [4.78, 5) is 21.4. The molecule has 6 aromatic heterocycles. The minimum atomic E-state index is 0.621. The van der Waals surface area contributed by atoms with E-state index in [0.717, 1.165) is 211 Å². The summed E-state index contributed by atoms with van der Waals surface area (Å²) in [7, 11) is 0. The van der Waals surface area contributed by atoms with E-state index in [2.05, 4.69) is 364 Å². The maximum absolute atomic E-state index is 6.62. The van der Waals surface area contributed by atoms with Crippen molar-refractivity contribution in [3.8, 4) is 157 Å². The summed E-state index contributed by atoms with van der Waals surface area (Å²) in [5.74, 6) is 1.27. The maximum Gasteiger partial charge on any atom is 0.160 e. The Balaban J connectivity index is 0.000000143. The third-order valence-corrected chi connectivity index (χ3v) is 23.8. The Hall–Kier alpha value is -16.7. The third kappa shape index (κ3) is 13.7. The molecule has 0 fully saturated rings. The Bertz CT molecular complexity index is 7950. The molecular weight excluding hydrogens is 1510 g/mol. The van der Waals surface area contributed by atoms with Gasteiger partial charge in [0.1, 0.15) is 44.7 Å². The second-order valence-corrected chi connectivity index (χ2v) is 31.5. The molecule has 0 bridgehead atoms. The van der Waals surface area contributed by atoms with Crippen LogP contribution in [-0.4, -0.2) is 19.9 Å². The van der Waals surface area contributed by atoms with E-state index >= 15 is 0 Å². The van der Waals surface area contributed by atoms with E-state index in [1.807, 2.05) is 72.8 Å². The van der Waals surface area contributed by atoms with Crippen LogP contribution in [0.3, 0.4) is 0 Å². The summed E-state index contributed by atoms with van der Waals surface area (Å²) in [5, 5.41) is 8.67. The van der Waals surface area contributed by atoms with Crippen molar-refractivity contribution in [2.75, 3.05) is 0 Å². The second-order valence-electron chi connectivity index (χ2n) is 31.5. The fourth-order valence-corrected chi connectivity index (χ4v) is 17.6. The molecule has 0 radical (unpaired) electrons. The number of nitrogens with zero attached hydrogens (tertiary/aromatic N) is 4. The van der Waals surface area contributed by atoms with Crippen LogP contribution in [0.5, 0.6) is 0 Å². The van der Waals surface area contributed by atoms with Crippen LogP contribution < -0.4 is 0 Å². The van der Waals surface area contributed by atoms with Crippen LogP contribution in [0.25, 0.3) is 245 Å². The molecule has 0 unspecified atom stereocenters. The highest BCUT2D eigenvalue weighted by atomic mass is 16.3. The lowest BCUT2D eigenvalue weighted by Gasteiger charge is -2.14. The van der Waals surface area contributed by atoms with Crippen LogP contribution in [0.4, 0.5) is 0 Å². The Morgan fingerprint density at radius 2 is 0.371 bits per heavy atom. The van der Waals surface area contributed by atoms with Crippen LogP contribution in [-0.2, 0) is 0 Å². The van der Waals surface area contributed by atoms with Gasteiger partial charge in [-0.3, -0.25) is 0 Å². The van der Waals surface area contributed by atoms with Crippen molar-refractivity contribution in [2.45, 2.75) is 0 Å². The average molecular weight is 1590 g/mol. The SMILES string of the molecule is c1ccc(-c2ccc(-c3cccc(-c4cc(-c5ccccc5)nc(-c5cc(-c6ccc7oc8ccccc8c7c6)cc(-c6ccc7oc8ccccc8c7c6)c5)n4)c3)cc2)cc1.c1ccc(-c2ccc(-c3cccc(-c4cc(-c5ccccc5)nc(-c5cc(-c6cccc7c6oc6ccccc67)cc(-c6cccc7c6oc6ccccc67)c5)n4)c3)cc2)cc1. The van der Waals surface area contributed by atoms with Crippen molar-refractivity contribution < 1.29 is 17.7 Å². The van der Waals surface area contributed by atoms with Gasteiger partial charge < -0.3 is 17.7 Å². The molecule has 0 N–H and O–H groups in total. The number of hydrogen-bond acceptors (Lipinski definition) is 8.